The van der Waals surface area contributed by atoms with Crippen LogP contribution in [-0.2, 0) is 16.1 Å². The quantitative estimate of drug-likeness (QED) is 0.555. The van der Waals surface area contributed by atoms with Gasteiger partial charge in [-0.15, -0.1) is 0 Å². The standard InChI is InChI=1S/C17H26N2S.2C2HF3O2/c1-5-17(19(8-1)13-15-2-3-15)6-9-18(10-7-17)12-16-4-11-20-14-16;2*3-2(4,5)1(6)7/h4,11,14-15H,1-3,5-10,12-13H2;2*(H,6,7). The average molecular weight is 519 g/mol. The molecule has 0 aromatic carbocycles. The SMILES string of the molecule is O=C(O)C(F)(F)F.O=C(O)C(F)(F)F.c1cc(CN2CCC3(CCCN3CC3CC3)CC2)cs1. The smallest absolute Gasteiger partial charge is 0.475 e. The van der Waals surface area contributed by atoms with Gasteiger partial charge in [0.1, 0.15) is 0 Å². The van der Waals surface area contributed by atoms with E-state index in [1.807, 2.05) is 11.3 Å². The van der Waals surface area contributed by atoms with Crippen LogP contribution in [0.3, 0.4) is 0 Å². The van der Waals surface area contributed by atoms with Gasteiger partial charge in [0.15, 0.2) is 0 Å². The van der Waals surface area contributed by atoms with Crippen LogP contribution in [0.5, 0.6) is 0 Å². The van der Waals surface area contributed by atoms with Gasteiger partial charge in [-0.3, -0.25) is 9.80 Å². The van der Waals surface area contributed by atoms with Crippen LogP contribution in [0.1, 0.15) is 44.1 Å². The third-order valence-corrected chi connectivity index (χ3v) is 6.91. The highest BCUT2D eigenvalue weighted by Gasteiger charge is 2.44. The molecule has 194 valence electrons. The second-order valence-corrected chi connectivity index (χ2v) is 9.51. The molecule has 0 radical (unpaired) electrons. The number of hydrogen-bond acceptors (Lipinski definition) is 5. The van der Waals surface area contributed by atoms with Gasteiger partial charge in [-0.05, 0) is 73.4 Å². The fourth-order valence-corrected chi connectivity index (χ4v) is 4.89. The Morgan fingerprint density at radius 3 is 1.91 bits per heavy atom. The molecule has 1 saturated carbocycles. The molecule has 1 aliphatic carbocycles. The van der Waals surface area contributed by atoms with Crippen LogP contribution in [0.2, 0.25) is 0 Å². The molecule has 2 saturated heterocycles. The average Bonchev–Trinajstić information content (AvgIpc) is 3.25. The molecule has 0 atom stereocenters. The Hall–Kier alpha value is -1.86. The van der Waals surface area contributed by atoms with Crippen molar-refractivity contribution in [1.82, 2.24) is 9.80 Å². The first-order valence-corrected chi connectivity index (χ1v) is 11.8. The first kappa shape index (κ1) is 28.4. The molecule has 3 heterocycles. The van der Waals surface area contributed by atoms with Crippen molar-refractivity contribution >= 4 is 23.3 Å². The van der Waals surface area contributed by atoms with Crippen LogP contribution >= 0.6 is 11.3 Å². The lowest BCUT2D eigenvalue weighted by atomic mass is 9.84. The van der Waals surface area contributed by atoms with Gasteiger partial charge < -0.3 is 10.2 Å². The Kier molecular flexibility index (Phi) is 9.78. The van der Waals surface area contributed by atoms with E-state index in [1.54, 1.807) is 0 Å². The van der Waals surface area contributed by atoms with Crippen molar-refractivity contribution in [3.63, 3.8) is 0 Å². The molecule has 0 amide bonds. The number of piperidine rings is 1. The van der Waals surface area contributed by atoms with Gasteiger partial charge in [0.05, 0.1) is 0 Å². The summed E-state index contributed by atoms with van der Waals surface area (Å²) in [7, 11) is 0. The fraction of sp³-hybridized carbons (Fsp3) is 0.714. The number of carboxylic acids is 2. The third-order valence-electron chi connectivity index (χ3n) is 6.17. The predicted molar refractivity (Wildman–Crippen MR) is 112 cm³/mol. The zero-order chi connectivity index (χ0) is 25.6. The van der Waals surface area contributed by atoms with E-state index in [0.717, 1.165) is 5.92 Å². The normalized spacial score (nSPS) is 20.8. The Labute approximate surface area is 197 Å². The summed E-state index contributed by atoms with van der Waals surface area (Å²) in [5.74, 6) is -4.46. The number of nitrogens with zero attached hydrogens (tertiary/aromatic N) is 2. The summed E-state index contributed by atoms with van der Waals surface area (Å²) < 4.78 is 63.5. The van der Waals surface area contributed by atoms with Crippen LogP contribution in [-0.4, -0.2) is 76.0 Å². The molecule has 3 aliphatic rings. The molecule has 0 unspecified atom stereocenters. The Bertz CT molecular complexity index is 764. The minimum Gasteiger partial charge on any atom is -0.475 e. The van der Waals surface area contributed by atoms with Crippen molar-refractivity contribution in [2.75, 3.05) is 26.2 Å². The first-order chi connectivity index (χ1) is 15.7. The molecule has 1 aromatic heterocycles. The van der Waals surface area contributed by atoms with Gasteiger partial charge in [0.2, 0.25) is 0 Å². The number of likely N-dealkylation sites (tertiary alicyclic amines) is 2. The number of alkyl halides is 6. The Morgan fingerprint density at radius 2 is 1.50 bits per heavy atom. The first-order valence-electron chi connectivity index (χ1n) is 10.8. The Balaban J connectivity index is 0.000000244. The number of halogens is 6. The summed E-state index contributed by atoms with van der Waals surface area (Å²) in [5.41, 5.74) is 2.10. The van der Waals surface area contributed by atoms with Crippen molar-refractivity contribution in [2.45, 2.75) is 63.0 Å². The predicted octanol–water partition coefficient (Wildman–Crippen LogP) is 4.86. The highest BCUT2D eigenvalue weighted by molar-refractivity contribution is 7.07. The number of thiophene rings is 1. The maximum Gasteiger partial charge on any atom is 0.490 e. The number of carboxylic acid groups (broad SMARTS) is 2. The van der Waals surface area contributed by atoms with Crippen molar-refractivity contribution in [2.24, 2.45) is 5.92 Å². The second kappa shape index (κ2) is 11.7. The Morgan fingerprint density at radius 1 is 0.971 bits per heavy atom. The molecule has 1 spiro atoms. The van der Waals surface area contributed by atoms with Gasteiger partial charge in [-0.2, -0.15) is 37.7 Å². The molecule has 2 N–H and O–H groups in total. The zero-order valence-corrected chi connectivity index (χ0v) is 19.2. The van der Waals surface area contributed by atoms with Crippen molar-refractivity contribution < 1.29 is 46.1 Å². The van der Waals surface area contributed by atoms with Crippen molar-refractivity contribution in [3.8, 4) is 0 Å². The van der Waals surface area contributed by atoms with Crippen LogP contribution < -0.4 is 0 Å². The molecule has 4 rings (SSSR count). The fourth-order valence-electron chi connectivity index (χ4n) is 4.23. The van der Waals surface area contributed by atoms with Crippen molar-refractivity contribution in [1.29, 1.82) is 0 Å². The van der Waals surface area contributed by atoms with Crippen molar-refractivity contribution in [3.05, 3.63) is 22.4 Å². The van der Waals surface area contributed by atoms with E-state index in [4.69, 9.17) is 19.8 Å². The van der Waals surface area contributed by atoms with E-state index in [1.165, 1.54) is 76.8 Å². The third kappa shape index (κ3) is 9.06. The molecular formula is C21H28F6N2O4S. The summed E-state index contributed by atoms with van der Waals surface area (Å²) in [6.07, 6.45) is -1.45. The van der Waals surface area contributed by atoms with Crippen LogP contribution in [0, 0.1) is 5.92 Å². The summed E-state index contributed by atoms with van der Waals surface area (Å²) >= 11 is 1.83. The van der Waals surface area contributed by atoms with Gasteiger partial charge in [-0.25, -0.2) is 9.59 Å². The van der Waals surface area contributed by atoms with E-state index < -0.39 is 24.3 Å². The lowest BCUT2D eigenvalue weighted by molar-refractivity contribution is -0.193. The minimum absolute atomic E-state index is 0.591. The summed E-state index contributed by atoms with van der Waals surface area (Å²) in [6.45, 7) is 6.56. The van der Waals surface area contributed by atoms with Crippen LogP contribution in [0.4, 0.5) is 26.3 Å². The topological polar surface area (TPSA) is 81.1 Å². The van der Waals surface area contributed by atoms with Gasteiger partial charge in [0, 0.05) is 31.7 Å². The number of carbonyl (C=O) groups is 2. The minimum atomic E-state index is -5.08. The van der Waals surface area contributed by atoms with Gasteiger partial charge in [0.25, 0.3) is 0 Å². The highest BCUT2D eigenvalue weighted by Crippen LogP contribution is 2.42. The maximum absolute atomic E-state index is 10.6. The molecule has 34 heavy (non-hydrogen) atoms. The van der Waals surface area contributed by atoms with E-state index in [0.29, 0.717) is 5.54 Å². The van der Waals surface area contributed by atoms with E-state index in [-0.39, 0.29) is 0 Å². The molecular weight excluding hydrogens is 490 g/mol. The zero-order valence-electron chi connectivity index (χ0n) is 18.4. The molecule has 0 bridgehead atoms. The number of rotatable bonds is 4. The molecule has 1 aromatic rings. The second-order valence-electron chi connectivity index (χ2n) is 8.73. The van der Waals surface area contributed by atoms with E-state index >= 15 is 0 Å². The summed E-state index contributed by atoms with van der Waals surface area (Å²) in [6, 6.07) is 2.28. The lowest BCUT2D eigenvalue weighted by Crippen LogP contribution is -2.52. The number of hydrogen-bond donors (Lipinski definition) is 2. The monoisotopic (exact) mass is 518 g/mol. The van der Waals surface area contributed by atoms with E-state index in [9.17, 15) is 26.3 Å². The largest absolute Gasteiger partial charge is 0.490 e. The van der Waals surface area contributed by atoms with Crippen LogP contribution in [0.25, 0.3) is 0 Å². The highest BCUT2D eigenvalue weighted by atomic mass is 32.1. The molecule has 13 heteroatoms. The van der Waals surface area contributed by atoms with E-state index in [2.05, 4.69) is 26.6 Å². The lowest BCUT2D eigenvalue weighted by Gasteiger charge is -2.45. The molecule has 2 aliphatic heterocycles. The molecule has 6 nitrogen and oxygen atoms in total. The van der Waals surface area contributed by atoms with Crippen LogP contribution in [0.15, 0.2) is 16.8 Å². The van der Waals surface area contributed by atoms with Gasteiger partial charge in [-0.1, -0.05) is 0 Å². The summed E-state index contributed by atoms with van der Waals surface area (Å²) in [5, 5.41) is 18.8. The van der Waals surface area contributed by atoms with Gasteiger partial charge >= 0.3 is 24.3 Å². The maximum atomic E-state index is 10.6. The molecule has 3 fully saturated rings. The summed E-state index contributed by atoms with van der Waals surface area (Å²) in [4.78, 5) is 23.3. The number of aliphatic carboxylic acids is 2.